The molecule has 1 saturated heterocycles. The normalized spacial score (nSPS) is 14.7. The van der Waals surface area contributed by atoms with Crippen molar-refractivity contribution in [2.45, 2.75) is 20.1 Å². The number of carbonyl (C=O) groups excluding carboxylic acids is 1. The van der Waals surface area contributed by atoms with E-state index in [1.807, 2.05) is 4.90 Å². The molecule has 1 aliphatic rings. The van der Waals surface area contributed by atoms with Gasteiger partial charge in [-0.15, -0.1) is 0 Å². The van der Waals surface area contributed by atoms with E-state index >= 15 is 0 Å². The van der Waals surface area contributed by atoms with E-state index in [9.17, 15) is 9.18 Å². The van der Waals surface area contributed by atoms with Crippen molar-refractivity contribution in [1.82, 2.24) is 9.80 Å². The quantitative estimate of drug-likeness (QED) is 0.611. The predicted molar refractivity (Wildman–Crippen MR) is 112 cm³/mol. The molecule has 1 fully saturated rings. The van der Waals surface area contributed by atoms with Gasteiger partial charge in [-0.05, 0) is 54.4 Å². The summed E-state index contributed by atoms with van der Waals surface area (Å²) in [5.41, 5.74) is 2.62. The van der Waals surface area contributed by atoms with Crippen molar-refractivity contribution >= 4 is 5.91 Å². The smallest absolute Gasteiger partial charge is 0.289 e. The van der Waals surface area contributed by atoms with Gasteiger partial charge in [0.1, 0.15) is 23.9 Å². The molecule has 4 rings (SSSR count). The van der Waals surface area contributed by atoms with Gasteiger partial charge in [0.05, 0.1) is 0 Å². The molecule has 0 aliphatic carbocycles. The molecule has 0 bridgehead atoms. The first-order valence-electron chi connectivity index (χ1n) is 10.1. The number of hydrogen-bond donors (Lipinski definition) is 0. The number of furan rings is 1. The fourth-order valence-corrected chi connectivity index (χ4v) is 3.55. The van der Waals surface area contributed by atoms with E-state index in [1.54, 1.807) is 24.3 Å². The van der Waals surface area contributed by atoms with Gasteiger partial charge in [-0.3, -0.25) is 9.69 Å². The van der Waals surface area contributed by atoms with Gasteiger partial charge < -0.3 is 14.1 Å². The summed E-state index contributed by atoms with van der Waals surface area (Å²) in [6.07, 6.45) is 0. The number of benzene rings is 2. The highest BCUT2D eigenvalue weighted by Crippen LogP contribution is 2.18. The third kappa shape index (κ3) is 4.89. The zero-order chi connectivity index (χ0) is 20.9. The number of ether oxygens (including phenoxy) is 1. The molecule has 0 spiro atoms. The molecule has 1 aliphatic heterocycles. The molecule has 3 aromatic rings. The first kappa shape index (κ1) is 20.2. The van der Waals surface area contributed by atoms with E-state index < -0.39 is 0 Å². The Labute approximate surface area is 175 Å². The molecule has 6 heteroatoms. The van der Waals surface area contributed by atoms with Gasteiger partial charge in [-0.25, -0.2) is 4.39 Å². The van der Waals surface area contributed by atoms with Crippen LogP contribution in [0.15, 0.2) is 65.1 Å². The molecule has 30 heavy (non-hydrogen) atoms. The minimum Gasteiger partial charge on any atom is -0.486 e. The Bertz CT molecular complexity index is 992. The van der Waals surface area contributed by atoms with Crippen LogP contribution in [0.25, 0.3) is 0 Å². The van der Waals surface area contributed by atoms with Gasteiger partial charge >= 0.3 is 0 Å². The lowest BCUT2D eigenvalue weighted by molar-refractivity contribution is 0.0594. The second kappa shape index (κ2) is 9.13. The van der Waals surface area contributed by atoms with E-state index in [0.29, 0.717) is 30.4 Å². The molecule has 1 aromatic heterocycles. The van der Waals surface area contributed by atoms with E-state index in [0.717, 1.165) is 19.6 Å². The lowest BCUT2D eigenvalue weighted by Gasteiger charge is -2.34. The minimum atomic E-state index is -0.313. The van der Waals surface area contributed by atoms with Crippen LogP contribution in [0.3, 0.4) is 0 Å². The summed E-state index contributed by atoms with van der Waals surface area (Å²) in [5, 5.41) is 0. The van der Waals surface area contributed by atoms with Gasteiger partial charge in [0, 0.05) is 32.7 Å². The Morgan fingerprint density at radius 3 is 2.47 bits per heavy atom. The van der Waals surface area contributed by atoms with E-state index in [2.05, 4.69) is 36.1 Å². The van der Waals surface area contributed by atoms with Gasteiger partial charge in [-0.2, -0.15) is 0 Å². The average molecular weight is 408 g/mol. The maximum atomic E-state index is 13.0. The fraction of sp³-hybridized carbons (Fsp3) is 0.292. The van der Waals surface area contributed by atoms with Gasteiger partial charge in [-0.1, -0.05) is 24.3 Å². The summed E-state index contributed by atoms with van der Waals surface area (Å²) >= 11 is 0. The Balaban J connectivity index is 1.28. The molecular formula is C24H25FN2O3. The number of amides is 1. The molecule has 156 valence electrons. The molecule has 2 heterocycles. The van der Waals surface area contributed by atoms with Crippen molar-refractivity contribution < 1.29 is 18.3 Å². The maximum absolute atomic E-state index is 13.0. The summed E-state index contributed by atoms with van der Waals surface area (Å²) in [5.74, 6) is 1.01. The first-order chi connectivity index (χ1) is 14.6. The Morgan fingerprint density at radius 1 is 1.00 bits per heavy atom. The molecule has 0 radical (unpaired) electrons. The van der Waals surface area contributed by atoms with Crippen LogP contribution in [0.1, 0.15) is 27.4 Å². The lowest BCUT2D eigenvalue weighted by Crippen LogP contribution is -2.48. The zero-order valence-electron chi connectivity index (χ0n) is 17.0. The van der Waals surface area contributed by atoms with Crippen LogP contribution in [-0.2, 0) is 13.2 Å². The highest BCUT2D eigenvalue weighted by atomic mass is 19.1. The molecule has 1 amide bonds. The van der Waals surface area contributed by atoms with Crippen molar-refractivity contribution in [3.05, 3.63) is 89.1 Å². The SMILES string of the molecule is Cc1ccccc1CN1CCN(C(=O)c2ccc(COc3ccc(F)cc3)o2)CC1. The number of carbonyl (C=O) groups is 1. The van der Waals surface area contributed by atoms with Crippen molar-refractivity contribution in [3.8, 4) is 5.75 Å². The molecule has 5 nitrogen and oxygen atoms in total. The third-order valence-electron chi connectivity index (χ3n) is 5.38. The van der Waals surface area contributed by atoms with Crippen molar-refractivity contribution in [1.29, 1.82) is 0 Å². The number of aryl methyl sites for hydroxylation is 1. The molecule has 0 unspecified atom stereocenters. The summed E-state index contributed by atoms with van der Waals surface area (Å²) in [6.45, 7) is 6.23. The van der Waals surface area contributed by atoms with E-state index in [4.69, 9.17) is 9.15 Å². The van der Waals surface area contributed by atoms with Crippen molar-refractivity contribution in [3.63, 3.8) is 0 Å². The van der Waals surface area contributed by atoms with E-state index in [1.165, 1.54) is 23.3 Å². The van der Waals surface area contributed by atoms with Crippen LogP contribution in [0.2, 0.25) is 0 Å². The van der Waals surface area contributed by atoms with Crippen LogP contribution in [0, 0.1) is 12.7 Å². The highest BCUT2D eigenvalue weighted by molar-refractivity contribution is 5.91. The number of halogens is 1. The number of rotatable bonds is 6. The van der Waals surface area contributed by atoms with Crippen LogP contribution >= 0.6 is 0 Å². The van der Waals surface area contributed by atoms with Crippen LogP contribution in [0.4, 0.5) is 4.39 Å². The third-order valence-corrected chi connectivity index (χ3v) is 5.38. The summed E-state index contributed by atoms with van der Waals surface area (Å²) in [7, 11) is 0. The predicted octanol–water partition coefficient (Wildman–Crippen LogP) is 4.26. The average Bonchev–Trinajstić information content (AvgIpc) is 3.24. The topological polar surface area (TPSA) is 45.9 Å². The van der Waals surface area contributed by atoms with Crippen molar-refractivity contribution in [2.75, 3.05) is 26.2 Å². The lowest BCUT2D eigenvalue weighted by atomic mass is 10.1. The fourth-order valence-electron chi connectivity index (χ4n) is 3.55. The summed E-state index contributed by atoms with van der Waals surface area (Å²) in [6, 6.07) is 17.6. The molecule has 0 N–H and O–H groups in total. The van der Waals surface area contributed by atoms with Gasteiger partial charge in [0.25, 0.3) is 5.91 Å². The molecule has 0 saturated carbocycles. The zero-order valence-corrected chi connectivity index (χ0v) is 17.0. The largest absolute Gasteiger partial charge is 0.486 e. The second-order valence-corrected chi connectivity index (χ2v) is 7.50. The first-order valence-corrected chi connectivity index (χ1v) is 10.1. The molecular weight excluding hydrogens is 383 g/mol. The number of hydrogen-bond acceptors (Lipinski definition) is 4. The summed E-state index contributed by atoms with van der Waals surface area (Å²) in [4.78, 5) is 17.0. The Kier molecular flexibility index (Phi) is 6.14. The number of piperazine rings is 1. The van der Waals surface area contributed by atoms with Gasteiger partial charge in [0.2, 0.25) is 0 Å². The van der Waals surface area contributed by atoms with Gasteiger partial charge in [0.15, 0.2) is 5.76 Å². The highest BCUT2D eigenvalue weighted by Gasteiger charge is 2.24. The monoisotopic (exact) mass is 408 g/mol. The van der Waals surface area contributed by atoms with Crippen LogP contribution in [-0.4, -0.2) is 41.9 Å². The standard InChI is InChI=1S/C24H25FN2O3/c1-18-4-2-3-5-19(18)16-26-12-14-27(15-13-26)24(28)23-11-10-22(30-23)17-29-21-8-6-20(25)7-9-21/h2-11H,12-17H2,1H3. The van der Waals surface area contributed by atoms with Crippen LogP contribution < -0.4 is 4.74 Å². The van der Waals surface area contributed by atoms with Crippen LogP contribution in [0.5, 0.6) is 5.75 Å². The maximum Gasteiger partial charge on any atom is 0.289 e. The Morgan fingerprint density at radius 2 is 1.73 bits per heavy atom. The summed E-state index contributed by atoms with van der Waals surface area (Å²) < 4.78 is 24.2. The second-order valence-electron chi connectivity index (χ2n) is 7.50. The Hall–Kier alpha value is -3.12. The van der Waals surface area contributed by atoms with Crippen molar-refractivity contribution in [2.24, 2.45) is 0 Å². The minimum absolute atomic E-state index is 0.0985. The molecule has 0 atom stereocenters. The number of nitrogens with zero attached hydrogens (tertiary/aromatic N) is 2. The van der Waals surface area contributed by atoms with E-state index in [-0.39, 0.29) is 18.3 Å². The molecule has 2 aromatic carbocycles.